The molecule has 2 aliphatic rings. The summed E-state index contributed by atoms with van der Waals surface area (Å²) in [6.07, 6.45) is 7.55. The molecular formula is C18H28N4O2. The van der Waals surface area contributed by atoms with Gasteiger partial charge >= 0.3 is 0 Å². The Kier molecular flexibility index (Phi) is 5.21. The summed E-state index contributed by atoms with van der Waals surface area (Å²) in [4.78, 5) is 32.5. The molecule has 0 spiro atoms. The fraction of sp³-hybridized carbons (Fsp3) is 0.722. The van der Waals surface area contributed by atoms with E-state index in [1.165, 1.54) is 0 Å². The maximum Gasteiger partial charge on any atom is 0.227 e. The Morgan fingerprint density at radius 3 is 2.67 bits per heavy atom. The van der Waals surface area contributed by atoms with Crippen molar-refractivity contribution in [3.8, 4) is 0 Å². The quantitative estimate of drug-likeness (QED) is 0.824. The molecule has 0 aromatic carbocycles. The molecule has 0 saturated carbocycles. The van der Waals surface area contributed by atoms with Gasteiger partial charge in [-0.25, -0.2) is 4.98 Å². The zero-order valence-corrected chi connectivity index (χ0v) is 14.8. The third kappa shape index (κ3) is 3.62. The van der Waals surface area contributed by atoms with E-state index >= 15 is 0 Å². The second kappa shape index (κ2) is 7.36. The Morgan fingerprint density at radius 2 is 2.08 bits per heavy atom. The molecular weight excluding hydrogens is 304 g/mol. The highest BCUT2D eigenvalue weighted by Gasteiger charge is 2.36. The number of piperidine rings is 1. The number of aryl methyl sites for hydroxylation is 2. The summed E-state index contributed by atoms with van der Waals surface area (Å²) in [5.41, 5.74) is 0. The van der Waals surface area contributed by atoms with Gasteiger partial charge in [-0.3, -0.25) is 9.59 Å². The SMILES string of the molecule is CCN1C[C@@H](C(=O)N2CCC(CCn3ccnc3C)CC2)CC1=O. The Bertz CT molecular complexity index is 590. The summed E-state index contributed by atoms with van der Waals surface area (Å²) in [7, 11) is 0. The van der Waals surface area contributed by atoms with Crippen molar-refractivity contribution in [2.45, 2.75) is 46.1 Å². The minimum Gasteiger partial charge on any atom is -0.342 e. The molecule has 6 heteroatoms. The molecule has 0 aliphatic carbocycles. The van der Waals surface area contributed by atoms with Crippen LogP contribution in [0, 0.1) is 18.8 Å². The third-order valence-corrected chi connectivity index (χ3v) is 5.57. The van der Waals surface area contributed by atoms with Gasteiger partial charge in [0.05, 0.1) is 5.92 Å². The number of rotatable bonds is 5. The predicted octanol–water partition coefficient (Wildman–Crippen LogP) is 1.69. The molecule has 0 N–H and O–H groups in total. The lowest BCUT2D eigenvalue weighted by Crippen LogP contribution is -2.42. The minimum atomic E-state index is -0.123. The van der Waals surface area contributed by atoms with Crippen LogP contribution in [0.2, 0.25) is 0 Å². The van der Waals surface area contributed by atoms with Gasteiger partial charge in [0.1, 0.15) is 5.82 Å². The van der Waals surface area contributed by atoms with E-state index in [9.17, 15) is 9.59 Å². The van der Waals surface area contributed by atoms with E-state index < -0.39 is 0 Å². The van der Waals surface area contributed by atoms with Crippen molar-refractivity contribution in [2.24, 2.45) is 11.8 Å². The van der Waals surface area contributed by atoms with Crippen LogP contribution in [0.1, 0.15) is 38.4 Å². The van der Waals surface area contributed by atoms with Crippen molar-refractivity contribution >= 4 is 11.8 Å². The first-order chi connectivity index (χ1) is 11.6. The zero-order valence-electron chi connectivity index (χ0n) is 14.8. The van der Waals surface area contributed by atoms with Gasteiger partial charge in [-0.2, -0.15) is 0 Å². The summed E-state index contributed by atoms with van der Waals surface area (Å²) in [6.45, 7) is 7.99. The van der Waals surface area contributed by atoms with Crippen molar-refractivity contribution < 1.29 is 9.59 Å². The van der Waals surface area contributed by atoms with Crippen LogP contribution in [0.3, 0.4) is 0 Å². The highest BCUT2D eigenvalue weighted by Crippen LogP contribution is 2.25. The molecule has 2 amide bonds. The fourth-order valence-electron chi connectivity index (χ4n) is 3.91. The lowest BCUT2D eigenvalue weighted by molar-refractivity contribution is -0.137. The Morgan fingerprint density at radius 1 is 1.33 bits per heavy atom. The first-order valence-electron chi connectivity index (χ1n) is 9.12. The number of nitrogens with zero attached hydrogens (tertiary/aromatic N) is 4. The Labute approximate surface area is 143 Å². The highest BCUT2D eigenvalue weighted by molar-refractivity contribution is 5.89. The molecule has 3 rings (SSSR count). The Balaban J connectivity index is 1.44. The smallest absolute Gasteiger partial charge is 0.227 e. The van der Waals surface area contributed by atoms with Crippen molar-refractivity contribution in [1.82, 2.24) is 19.4 Å². The number of carbonyl (C=O) groups is 2. The molecule has 1 aromatic rings. The van der Waals surface area contributed by atoms with Gasteiger partial charge in [-0.15, -0.1) is 0 Å². The standard InChI is InChI=1S/C18H28N4O2/c1-3-20-13-16(12-17(20)23)18(24)22-9-5-15(6-10-22)4-8-21-11-7-19-14(21)2/h7,11,15-16H,3-6,8-10,12-13H2,1-2H3/t16-/m0/s1. The molecule has 0 unspecified atom stereocenters. The maximum absolute atomic E-state index is 12.6. The number of amides is 2. The van der Waals surface area contributed by atoms with Crippen molar-refractivity contribution in [3.05, 3.63) is 18.2 Å². The number of carbonyl (C=O) groups excluding carboxylic acids is 2. The molecule has 3 heterocycles. The van der Waals surface area contributed by atoms with Gasteiger partial charge in [0.15, 0.2) is 0 Å². The van der Waals surface area contributed by atoms with Crippen LogP contribution in [0.4, 0.5) is 0 Å². The van der Waals surface area contributed by atoms with Crippen LogP contribution in [-0.4, -0.2) is 57.3 Å². The second-order valence-corrected chi connectivity index (χ2v) is 7.06. The number of aromatic nitrogens is 2. The molecule has 132 valence electrons. The largest absolute Gasteiger partial charge is 0.342 e. The highest BCUT2D eigenvalue weighted by atomic mass is 16.2. The molecule has 0 radical (unpaired) electrons. The molecule has 2 fully saturated rings. The van der Waals surface area contributed by atoms with E-state index in [-0.39, 0.29) is 17.7 Å². The van der Waals surface area contributed by atoms with Crippen molar-refractivity contribution in [2.75, 3.05) is 26.2 Å². The normalized spacial score (nSPS) is 22.4. The topological polar surface area (TPSA) is 58.4 Å². The van der Waals surface area contributed by atoms with Gasteiger partial charge in [-0.1, -0.05) is 0 Å². The van der Waals surface area contributed by atoms with E-state index in [0.29, 0.717) is 25.4 Å². The molecule has 24 heavy (non-hydrogen) atoms. The van der Waals surface area contributed by atoms with Gasteiger partial charge in [0, 0.05) is 51.5 Å². The monoisotopic (exact) mass is 332 g/mol. The summed E-state index contributed by atoms with van der Waals surface area (Å²) in [5.74, 6) is 1.93. The summed E-state index contributed by atoms with van der Waals surface area (Å²) in [5, 5.41) is 0. The predicted molar refractivity (Wildman–Crippen MR) is 91.2 cm³/mol. The Hall–Kier alpha value is -1.85. The number of likely N-dealkylation sites (tertiary alicyclic amines) is 2. The number of hydrogen-bond acceptors (Lipinski definition) is 3. The maximum atomic E-state index is 12.6. The minimum absolute atomic E-state index is 0.123. The van der Waals surface area contributed by atoms with Crippen LogP contribution in [-0.2, 0) is 16.1 Å². The van der Waals surface area contributed by atoms with E-state index in [1.807, 2.05) is 31.1 Å². The van der Waals surface area contributed by atoms with E-state index in [1.54, 1.807) is 4.90 Å². The van der Waals surface area contributed by atoms with E-state index in [2.05, 4.69) is 9.55 Å². The van der Waals surface area contributed by atoms with Crippen molar-refractivity contribution in [3.63, 3.8) is 0 Å². The van der Waals surface area contributed by atoms with Crippen LogP contribution < -0.4 is 0 Å². The van der Waals surface area contributed by atoms with Crippen molar-refractivity contribution in [1.29, 1.82) is 0 Å². The second-order valence-electron chi connectivity index (χ2n) is 7.06. The van der Waals surface area contributed by atoms with Crippen LogP contribution in [0.5, 0.6) is 0 Å². The van der Waals surface area contributed by atoms with Gasteiger partial charge in [0.25, 0.3) is 0 Å². The lowest BCUT2D eigenvalue weighted by Gasteiger charge is -2.33. The third-order valence-electron chi connectivity index (χ3n) is 5.57. The van der Waals surface area contributed by atoms with E-state index in [0.717, 1.165) is 44.7 Å². The average Bonchev–Trinajstić information content (AvgIpc) is 3.18. The number of hydrogen-bond donors (Lipinski definition) is 0. The summed E-state index contributed by atoms with van der Waals surface area (Å²) in [6, 6.07) is 0. The summed E-state index contributed by atoms with van der Waals surface area (Å²) >= 11 is 0. The summed E-state index contributed by atoms with van der Waals surface area (Å²) < 4.78 is 2.20. The molecule has 2 saturated heterocycles. The molecule has 2 aliphatic heterocycles. The lowest BCUT2D eigenvalue weighted by atomic mass is 9.92. The van der Waals surface area contributed by atoms with Gasteiger partial charge in [-0.05, 0) is 39.0 Å². The van der Waals surface area contributed by atoms with Crippen LogP contribution >= 0.6 is 0 Å². The van der Waals surface area contributed by atoms with Crippen LogP contribution in [0.25, 0.3) is 0 Å². The zero-order chi connectivity index (χ0) is 17.1. The molecule has 1 aromatic heterocycles. The molecule has 1 atom stereocenters. The van der Waals surface area contributed by atoms with Gasteiger partial charge < -0.3 is 14.4 Å². The molecule has 6 nitrogen and oxygen atoms in total. The number of imidazole rings is 1. The first-order valence-corrected chi connectivity index (χ1v) is 9.12. The van der Waals surface area contributed by atoms with Gasteiger partial charge in [0.2, 0.25) is 11.8 Å². The fourth-order valence-corrected chi connectivity index (χ4v) is 3.91. The first kappa shape index (κ1) is 17.0. The van der Waals surface area contributed by atoms with E-state index in [4.69, 9.17) is 0 Å². The van der Waals surface area contributed by atoms with Crippen LogP contribution in [0.15, 0.2) is 12.4 Å². The average molecular weight is 332 g/mol. The molecule has 0 bridgehead atoms.